The molecule has 0 aromatic rings. The molecule has 0 aromatic heterocycles. The highest BCUT2D eigenvalue weighted by molar-refractivity contribution is 5.79. The Balaban J connectivity index is 2.33. The average molecular weight is 183 g/mol. The molecule has 0 atom stereocenters. The first-order valence-corrected chi connectivity index (χ1v) is 5.51. The van der Waals surface area contributed by atoms with Crippen LogP contribution in [0.25, 0.3) is 0 Å². The predicted molar refractivity (Wildman–Crippen MR) is 54.4 cm³/mol. The minimum absolute atomic E-state index is 0.276. The predicted octanol–water partition coefficient (Wildman–Crippen LogP) is 2.29. The van der Waals surface area contributed by atoms with Crippen molar-refractivity contribution in [3.63, 3.8) is 0 Å². The van der Waals surface area contributed by atoms with Gasteiger partial charge in [0.25, 0.3) is 0 Å². The molecule has 2 heteroatoms. The summed E-state index contributed by atoms with van der Waals surface area (Å²) < 4.78 is 0. The summed E-state index contributed by atoms with van der Waals surface area (Å²) in [5.41, 5.74) is 0. The lowest BCUT2D eigenvalue weighted by molar-refractivity contribution is -0.142. The van der Waals surface area contributed by atoms with Gasteiger partial charge in [-0.1, -0.05) is 20.8 Å². The number of rotatable bonds is 4. The molecular formula is C11H21NO. The highest BCUT2D eigenvalue weighted by Gasteiger charge is 2.31. The van der Waals surface area contributed by atoms with Crippen LogP contribution in [0.4, 0.5) is 0 Å². The van der Waals surface area contributed by atoms with Crippen molar-refractivity contribution in [1.82, 2.24) is 4.90 Å². The van der Waals surface area contributed by atoms with Gasteiger partial charge in [0.2, 0.25) is 5.91 Å². The highest BCUT2D eigenvalue weighted by Crippen LogP contribution is 2.22. The van der Waals surface area contributed by atoms with Crippen molar-refractivity contribution in [2.24, 2.45) is 11.8 Å². The quantitative estimate of drug-likeness (QED) is 0.655. The third kappa shape index (κ3) is 2.23. The molecular weight excluding hydrogens is 162 g/mol. The lowest BCUT2D eigenvalue weighted by Crippen LogP contribution is -2.51. The molecule has 1 aliphatic heterocycles. The van der Waals surface area contributed by atoms with Crippen molar-refractivity contribution >= 4 is 5.91 Å². The van der Waals surface area contributed by atoms with Gasteiger partial charge < -0.3 is 4.90 Å². The van der Waals surface area contributed by atoms with Crippen LogP contribution in [0.15, 0.2) is 0 Å². The third-order valence-electron chi connectivity index (χ3n) is 3.18. The number of likely N-dealkylation sites (tertiary alicyclic amines) is 1. The molecule has 1 fully saturated rings. The second-order valence-corrected chi connectivity index (χ2v) is 4.03. The molecule has 1 amide bonds. The summed E-state index contributed by atoms with van der Waals surface area (Å²) >= 11 is 0. The smallest absolute Gasteiger partial charge is 0.225 e. The molecule has 1 saturated heterocycles. The van der Waals surface area contributed by atoms with Crippen LogP contribution < -0.4 is 0 Å². The maximum absolute atomic E-state index is 11.8. The summed E-state index contributed by atoms with van der Waals surface area (Å²) in [4.78, 5) is 13.8. The van der Waals surface area contributed by atoms with Crippen molar-refractivity contribution in [2.45, 2.75) is 40.0 Å². The van der Waals surface area contributed by atoms with E-state index in [2.05, 4.69) is 20.8 Å². The summed E-state index contributed by atoms with van der Waals surface area (Å²) in [6, 6.07) is 0. The Bertz CT molecular complexity index is 169. The molecule has 0 aromatic carbocycles. The minimum Gasteiger partial charge on any atom is -0.342 e. The highest BCUT2D eigenvalue weighted by atomic mass is 16.2. The zero-order valence-electron chi connectivity index (χ0n) is 9.05. The van der Waals surface area contributed by atoms with Gasteiger partial charge in [-0.25, -0.2) is 0 Å². The van der Waals surface area contributed by atoms with Crippen LogP contribution in [-0.2, 0) is 4.79 Å². The molecule has 1 heterocycles. The molecule has 0 aliphatic carbocycles. The Kier molecular flexibility index (Phi) is 3.76. The topological polar surface area (TPSA) is 20.3 Å². The van der Waals surface area contributed by atoms with Crippen molar-refractivity contribution in [1.29, 1.82) is 0 Å². The number of nitrogens with zero attached hydrogens (tertiary/aromatic N) is 1. The first-order valence-electron chi connectivity index (χ1n) is 5.51. The SMILES string of the molecule is CCC1CN(C(=O)C(CC)CC)C1. The molecule has 0 radical (unpaired) electrons. The van der Waals surface area contributed by atoms with Gasteiger partial charge in [0.15, 0.2) is 0 Å². The van der Waals surface area contributed by atoms with Gasteiger partial charge in [0.05, 0.1) is 0 Å². The van der Waals surface area contributed by atoms with E-state index in [0.717, 1.165) is 31.8 Å². The first kappa shape index (κ1) is 10.6. The van der Waals surface area contributed by atoms with Crippen LogP contribution in [0, 0.1) is 11.8 Å². The molecule has 1 aliphatic rings. The largest absolute Gasteiger partial charge is 0.342 e. The molecule has 13 heavy (non-hydrogen) atoms. The first-order chi connectivity index (χ1) is 6.22. The summed E-state index contributed by atoms with van der Waals surface area (Å²) in [7, 11) is 0. The fraction of sp³-hybridized carbons (Fsp3) is 0.909. The maximum atomic E-state index is 11.8. The van der Waals surface area contributed by atoms with E-state index in [1.165, 1.54) is 6.42 Å². The molecule has 0 saturated carbocycles. The monoisotopic (exact) mass is 183 g/mol. The van der Waals surface area contributed by atoms with Gasteiger partial charge >= 0.3 is 0 Å². The normalized spacial score (nSPS) is 17.7. The fourth-order valence-electron chi connectivity index (χ4n) is 1.90. The average Bonchev–Trinajstić information content (AvgIpc) is 2.04. The standard InChI is InChI=1S/C11H21NO/c1-4-9-7-12(8-9)11(13)10(5-2)6-3/h9-10H,4-8H2,1-3H3. The Morgan fingerprint density at radius 1 is 1.31 bits per heavy atom. The minimum atomic E-state index is 0.276. The number of carbonyl (C=O) groups excluding carboxylic acids is 1. The number of hydrogen-bond donors (Lipinski definition) is 0. The lowest BCUT2D eigenvalue weighted by atomic mass is 9.93. The molecule has 0 spiro atoms. The maximum Gasteiger partial charge on any atom is 0.225 e. The van der Waals surface area contributed by atoms with E-state index in [-0.39, 0.29) is 5.92 Å². The van der Waals surface area contributed by atoms with E-state index < -0.39 is 0 Å². The molecule has 0 N–H and O–H groups in total. The van der Waals surface area contributed by atoms with E-state index in [1.54, 1.807) is 0 Å². The summed E-state index contributed by atoms with van der Waals surface area (Å²) in [5, 5.41) is 0. The van der Waals surface area contributed by atoms with Crippen molar-refractivity contribution in [2.75, 3.05) is 13.1 Å². The molecule has 0 unspecified atom stereocenters. The van der Waals surface area contributed by atoms with Crippen LogP contribution >= 0.6 is 0 Å². The van der Waals surface area contributed by atoms with Crippen LogP contribution in [-0.4, -0.2) is 23.9 Å². The zero-order valence-corrected chi connectivity index (χ0v) is 9.05. The van der Waals surface area contributed by atoms with Crippen molar-refractivity contribution in [3.05, 3.63) is 0 Å². The summed E-state index contributed by atoms with van der Waals surface area (Å²) in [5.74, 6) is 1.44. The zero-order chi connectivity index (χ0) is 9.84. The Hall–Kier alpha value is -0.530. The molecule has 0 bridgehead atoms. The van der Waals surface area contributed by atoms with E-state index in [0.29, 0.717) is 5.91 Å². The second kappa shape index (κ2) is 4.64. The Labute approximate surface area is 81.3 Å². The van der Waals surface area contributed by atoms with E-state index >= 15 is 0 Å². The molecule has 1 rings (SSSR count). The molecule has 76 valence electrons. The Morgan fingerprint density at radius 3 is 2.23 bits per heavy atom. The van der Waals surface area contributed by atoms with Gasteiger partial charge in [-0.3, -0.25) is 4.79 Å². The van der Waals surface area contributed by atoms with Gasteiger partial charge in [-0.15, -0.1) is 0 Å². The van der Waals surface area contributed by atoms with Gasteiger partial charge in [-0.2, -0.15) is 0 Å². The van der Waals surface area contributed by atoms with Crippen molar-refractivity contribution in [3.8, 4) is 0 Å². The third-order valence-corrected chi connectivity index (χ3v) is 3.18. The summed E-state index contributed by atoms with van der Waals surface area (Å²) in [6.45, 7) is 8.41. The van der Waals surface area contributed by atoms with Crippen molar-refractivity contribution < 1.29 is 4.79 Å². The Morgan fingerprint density at radius 2 is 1.85 bits per heavy atom. The van der Waals surface area contributed by atoms with E-state index in [4.69, 9.17) is 0 Å². The molecule has 2 nitrogen and oxygen atoms in total. The van der Waals surface area contributed by atoms with E-state index in [1.807, 2.05) is 4.90 Å². The lowest BCUT2D eigenvalue weighted by Gasteiger charge is -2.40. The summed E-state index contributed by atoms with van der Waals surface area (Å²) in [6.07, 6.45) is 3.19. The van der Waals surface area contributed by atoms with Gasteiger partial charge in [0, 0.05) is 19.0 Å². The number of amides is 1. The van der Waals surface area contributed by atoms with Crippen LogP contribution in [0.1, 0.15) is 40.0 Å². The van der Waals surface area contributed by atoms with Crippen LogP contribution in [0.5, 0.6) is 0 Å². The van der Waals surface area contributed by atoms with Gasteiger partial charge in [0.1, 0.15) is 0 Å². The van der Waals surface area contributed by atoms with Gasteiger partial charge in [-0.05, 0) is 25.2 Å². The van der Waals surface area contributed by atoms with Crippen LogP contribution in [0.2, 0.25) is 0 Å². The number of hydrogen-bond acceptors (Lipinski definition) is 1. The number of carbonyl (C=O) groups is 1. The van der Waals surface area contributed by atoms with E-state index in [9.17, 15) is 4.79 Å². The fourth-order valence-corrected chi connectivity index (χ4v) is 1.90. The van der Waals surface area contributed by atoms with Crippen LogP contribution in [0.3, 0.4) is 0 Å². The second-order valence-electron chi connectivity index (χ2n) is 4.03.